The van der Waals surface area contributed by atoms with Gasteiger partial charge in [-0.3, -0.25) is 9.79 Å². The van der Waals surface area contributed by atoms with E-state index in [4.69, 9.17) is 0 Å². The van der Waals surface area contributed by atoms with Crippen molar-refractivity contribution >= 4 is 35.9 Å². The molecule has 6 heteroatoms. The van der Waals surface area contributed by atoms with Crippen LogP contribution in [-0.4, -0.2) is 38.7 Å². The summed E-state index contributed by atoms with van der Waals surface area (Å²) >= 11 is 0. The van der Waals surface area contributed by atoms with Crippen LogP contribution in [0.25, 0.3) is 0 Å². The molecule has 0 radical (unpaired) electrons. The minimum Gasteiger partial charge on any atom is -0.469 e. The molecule has 0 saturated heterocycles. The molecule has 0 aliphatic rings. The third-order valence-corrected chi connectivity index (χ3v) is 3.81. The number of carbonyl (C=O) groups excluding carboxylic acids is 1. The van der Waals surface area contributed by atoms with Gasteiger partial charge in [0.1, 0.15) is 0 Å². The lowest BCUT2D eigenvalue weighted by Gasteiger charge is -2.14. The van der Waals surface area contributed by atoms with Crippen molar-refractivity contribution in [2.45, 2.75) is 46.0 Å². The molecule has 142 valence electrons. The minimum absolute atomic E-state index is 0. The number of nitrogens with zero attached hydrogens (tertiary/aromatic N) is 1. The van der Waals surface area contributed by atoms with E-state index >= 15 is 0 Å². The van der Waals surface area contributed by atoms with Crippen LogP contribution in [0.15, 0.2) is 29.3 Å². The predicted molar refractivity (Wildman–Crippen MR) is 115 cm³/mol. The van der Waals surface area contributed by atoms with Crippen LogP contribution in [0.1, 0.15) is 50.2 Å². The monoisotopic (exact) mass is 461 g/mol. The largest absolute Gasteiger partial charge is 0.469 e. The number of methoxy groups -OCH3 is 1. The second-order valence-electron chi connectivity index (χ2n) is 5.99. The fourth-order valence-corrected chi connectivity index (χ4v) is 2.36. The van der Waals surface area contributed by atoms with Crippen molar-refractivity contribution in [1.29, 1.82) is 0 Å². The number of unbranched alkanes of at least 4 members (excludes halogenated alkanes) is 1. The Morgan fingerprint density at radius 3 is 2.68 bits per heavy atom. The second-order valence-corrected chi connectivity index (χ2v) is 5.99. The van der Waals surface area contributed by atoms with Gasteiger partial charge in [0.25, 0.3) is 0 Å². The van der Waals surface area contributed by atoms with Gasteiger partial charge in [-0.05, 0) is 32.3 Å². The first-order valence-corrected chi connectivity index (χ1v) is 8.72. The van der Waals surface area contributed by atoms with Gasteiger partial charge in [0.2, 0.25) is 0 Å². The van der Waals surface area contributed by atoms with E-state index in [1.807, 2.05) is 0 Å². The van der Waals surface area contributed by atoms with Crippen LogP contribution in [0.4, 0.5) is 0 Å². The maximum Gasteiger partial charge on any atom is 0.305 e. The van der Waals surface area contributed by atoms with Crippen LogP contribution in [0.5, 0.6) is 0 Å². The highest BCUT2D eigenvalue weighted by molar-refractivity contribution is 14.0. The summed E-state index contributed by atoms with van der Waals surface area (Å²) in [6.07, 6.45) is 2.20. The smallest absolute Gasteiger partial charge is 0.305 e. The fourth-order valence-electron chi connectivity index (χ4n) is 2.36. The first-order valence-electron chi connectivity index (χ1n) is 8.72. The number of halogens is 1. The van der Waals surface area contributed by atoms with Gasteiger partial charge in [0.05, 0.1) is 7.11 Å². The SMILES string of the molecule is CCNC(=NCC(C)c1cccc(C)c1)NCCCCC(=O)OC.I. The molecule has 25 heavy (non-hydrogen) atoms. The summed E-state index contributed by atoms with van der Waals surface area (Å²) in [5, 5.41) is 6.58. The standard InChI is InChI=1S/C19H31N3O2.HI/c1-5-20-19(21-12-7-6-11-18(23)24-4)22-14-16(3)17-10-8-9-15(2)13-17;/h8-10,13,16H,5-7,11-12,14H2,1-4H3,(H2,20,21,22);1H. The highest BCUT2D eigenvalue weighted by atomic mass is 127. The molecule has 0 spiro atoms. The zero-order chi connectivity index (χ0) is 17.8. The number of aliphatic imine (C=N–C) groups is 1. The molecule has 0 aromatic heterocycles. The van der Waals surface area contributed by atoms with Gasteiger partial charge >= 0.3 is 5.97 Å². The number of guanidine groups is 1. The summed E-state index contributed by atoms with van der Waals surface area (Å²) in [5.41, 5.74) is 2.59. The quantitative estimate of drug-likeness (QED) is 0.194. The maximum absolute atomic E-state index is 11.1. The Balaban J connectivity index is 0.00000576. The van der Waals surface area contributed by atoms with E-state index in [2.05, 4.69) is 65.4 Å². The molecular formula is C19H32IN3O2. The van der Waals surface area contributed by atoms with Crippen LogP contribution in [-0.2, 0) is 9.53 Å². The van der Waals surface area contributed by atoms with Gasteiger partial charge in [0, 0.05) is 32.0 Å². The zero-order valence-electron chi connectivity index (χ0n) is 15.8. The third kappa shape index (κ3) is 10.3. The van der Waals surface area contributed by atoms with E-state index in [1.54, 1.807) is 0 Å². The van der Waals surface area contributed by atoms with Crippen molar-refractivity contribution in [1.82, 2.24) is 10.6 Å². The number of nitrogens with one attached hydrogen (secondary N) is 2. The maximum atomic E-state index is 11.1. The molecule has 0 amide bonds. The number of ether oxygens (including phenoxy) is 1. The molecule has 1 aromatic carbocycles. The topological polar surface area (TPSA) is 62.7 Å². The van der Waals surface area contributed by atoms with Gasteiger partial charge < -0.3 is 15.4 Å². The van der Waals surface area contributed by atoms with Gasteiger partial charge in [-0.1, -0.05) is 36.8 Å². The van der Waals surface area contributed by atoms with E-state index < -0.39 is 0 Å². The van der Waals surface area contributed by atoms with Gasteiger partial charge in [0.15, 0.2) is 5.96 Å². The number of rotatable bonds is 9. The van der Waals surface area contributed by atoms with Gasteiger partial charge in [-0.15, -0.1) is 24.0 Å². The summed E-state index contributed by atoms with van der Waals surface area (Å²) < 4.78 is 4.64. The van der Waals surface area contributed by atoms with Crippen molar-refractivity contribution in [3.63, 3.8) is 0 Å². The molecule has 2 N–H and O–H groups in total. The molecule has 0 bridgehead atoms. The normalized spacial score (nSPS) is 12.1. The summed E-state index contributed by atoms with van der Waals surface area (Å²) in [4.78, 5) is 15.7. The summed E-state index contributed by atoms with van der Waals surface area (Å²) in [6, 6.07) is 8.57. The third-order valence-electron chi connectivity index (χ3n) is 3.81. The fraction of sp³-hybridized carbons (Fsp3) is 0.579. The number of hydrogen-bond acceptors (Lipinski definition) is 3. The van der Waals surface area contributed by atoms with Crippen LogP contribution >= 0.6 is 24.0 Å². The number of aryl methyl sites for hydroxylation is 1. The van der Waals surface area contributed by atoms with E-state index in [-0.39, 0.29) is 29.9 Å². The lowest BCUT2D eigenvalue weighted by molar-refractivity contribution is -0.140. The summed E-state index contributed by atoms with van der Waals surface area (Å²) in [6.45, 7) is 8.71. The van der Waals surface area contributed by atoms with E-state index in [1.165, 1.54) is 18.2 Å². The van der Waals surface area contributed by atoms with E-state index in [9.17, 15) is 4.79 Å². The molecule has 0 fully saturated rings. The average Bonchev–Trinajstić information content (AvgIpc) is 2.58. The minimum atomic E-state index is -0.150. The van der Waals surface area contributed by atoms with Gasteiger partial charge in [-0.25, -0.2) is 0 Å². The summed E-state index contributed by atoms with van der Waals surface area (Å²) in [7, 11) is 1.42. The average molecular weight is 461 g/mol. The van der Waals surface area contributed by atoms with Gasteiger partial charge in [-0.2, -0.15) is 0 Å². The molecule has 1 unspecified atom stereocenters. The Morgan fingerprint density at radius 1 is 1.28 bits per heavy atom. The van der Waals surface area contributed by atoms with Crippen LogP contribution in [0.3, 0.4) is 0 Å². The Kier molecular flexibility index (Phi) is 13.2. The zero-order valence-corrected chi connectivity index (χ0v) is 18.1. The number of hydrogen-bond donors (Lipinski definition) is 2. The molecule has 0 aliphatic heterocycles. The Labute approximate surface area is 169 Å². The van der Waals surface area contributed by atoms with Crippen molar-refractivity contribution in [2.75, 3.05) is 26.7 Å². The number of carbonyl (C=O) groups is 1. The first-order chi connectivity index (χ1) is 11.6. The van der Waals surface area contributed by atoms with Crippen molar-refractivity contribution in [2.24, 2.45) is 4.99 Å². The lowest BCUT2D eigenvalue weighted by Crippen LogP contribution is -2.38. The first kappa shape index (κ1) is 23.7. The molecule has 0 aliphatic carbocycles. The Hall–Kier alpha value is -1.31. The molecule has 5 nitrogen and oxygen atoms in total. The van der Waals surface area contributed by atoms with Crippen LogP contribution < -0.4 is 10.6 Å². The summed E-state index contributed by atoms with van der Waals surface area (Å²) in [5.74, 6) is 1.05. The molecular weight excluding hydrogens is 429 g/mol. The van der Waals surface area contributed by atoms with E-state index in [0.717, 1.165) is 38.4 Å². The molecule has 1 aromatic rings. The Morgan fingerprint density at radius 2 is 2.04 bits per heavy atom. The van der Waals surface area contributed by atoms with Crippen LogP contribution in [0.2, 0.25) is 0 Å². The number of benzene rings is 1. The molecule has 0 heterocycles. The molecule has 0 saturated carbocycles. The molecule has 1 atom stereocenters. The van der Waals surface area contributed by atoms with Crippen LogP contribution in [0, 0.1) is 6.92 Å². The van der Waals surface area contributed by atoms with Crippen molar-refractivity contribution < 1.29 is 9.53 Å². The van der Waals surface area contributed by atoms with Crippen molar-refractivity contribution in [3.05, 3.63) is 35.4 Å². The van der Waals surface area contributed by atoms with Crippen molar-refractivity contribution in [3.8, 4) is 0 Å². The second kappa shape index (κ2) is 13.9. The highest BCUT2D eigenvalue weighted by Crippen LogP contribution is 2.16. The number of esters is 1. The highest BCUT2D eigenvalue weighted by Gasteiger charge is 2.06. The van der Waals surface area contributed by atoms with E-state index in [0.29, 0.717) is 12.3 Å². The molecule has 1 rings (SSSR count). The predicted octanol–water partition coefficient (Wildman–Crippen LogP) is 3.61. The Bertz CT molecular complexity index is 535. The lowest BCUT2D eigenvalue weighted by atomic mass is 10.00.